The zero-order chi connectivity index (χ0) is 13.0. The van der Waals surface area contributed by atoms with Crippen molar-refractivity contribution in [3.63, 3.8) is 0 Å². The smallest absolute Gasteiger partial charge is 0.410 e. The number of aliphatic hydroxyl groups excluding tert-OH is 1. The van der Waals surface area contributed by atoms with Gasteiger partial charge in [-0.3, -0.25) is 0 Å². The Morgan fingerprint density at radius 1 is 1.39 bits per heavy atom. The molecule has 1 amide bonds. The number of halogens is 1. The minimum absolute atomic E-state index is 0.00114. The average molecular weight is 253 g/mol. The van der Waals surface area contributed by atoms with Crippen molar-refractivity contribution in [1.82, 2.24) is 4.90 Å². The number of carbonyl (C=O) groups excluding carboxylic acids is 1. The number of hydrogen-bond acceptors (Lipinski definition) is 3. The Labute approximate surface area is 105 Å². The summed E-state index contributed by atoms with van der Waals surface area (Å²) in [6.45, 7) is 0.144. The third-order valence-corrected chi connectivity index (χ3v) is 3.06. The summed E-state index contributed by atoms with van der Waals surface area (Å²) in [5, 5.41) is 8.93. The number of likely N-dealkylation sites (tertiary alicyclic amines) is 1. The number of amides is 1. The summed E-state index contributed by atoms with van der Waals surface area (Å²) in [6, 6.07) is 9.31. The van der Waals surface area contributed by atoms with Crippen molar-refractivity contribution in [2.24, 2.45) is 5.92 Å². The Kier molecular flexibility index (Phi) is 4.15. The first-order valence-electron chi connectivity index (χ1n) is 5.91. The number of benzene rings is 1. The molecule has 5 heteroatoms. The molecule has 0 radical (unpaired) electrons. The van der Waals surface area contributed by atoms with E-state index in [-0.39, 0.29) is 26.3 Å². The number of hydrogen-bond donors (Lipinski definition) is 1. The highest BCUT2D eigenvalue weighted by molar-refractivity contribution is 5.68. The number of ether oxygens (including phenoxy) is 1. The molecule has 1 aliphatic rings. The molecule has 2 rings (SSSR count). The molecule has 98 valence electrons. The van der Waals surface area contributed by atoms with Gasteiger partial charge in [0.2, 0.25) is 0 Å². The van der Waals surface area contributed by atoms with E-state index in [1.165, 1.54) is 4.90 Å². The number of carbonyl (C=O) groups is 1. The normalized spacial score (nSPS) is 23.1. The summed E-state index contributed by atoms with van der Waals surface area (Å²) in [5.74, 6) is -0.491. The van der Waals surface area contributed by atoms with Crippen LogP contribution in [-0.4, -0.2) is 42.0 Å². The molecule has 1 aromatic rings. The molecule has 1 fully saturated rings. The van der Waals surface area contributed by atoms with Gasteiger partial charge < -0.3 is 14.7 Å². The molecule has 1 aromatic carbocycles. The second kappa shape index (κ2) is 5.82. The minimum Gasteiger partial charge on any atom is -0.445 e. The average Bonchev–Trinajstić information content (AvgIpc) is 2.78. The van der Waals surface area contributed by atoms with Crippen LogP contribution in [0.1, 0.15) is 5.56 Å². The molecule has 4 nitrogen and oxygen atoms in total. The van der Waals surface area contributed by atoms with E-state index in [4.69, 9.17) is 9.84 Å². The summed E-state index contributed by atoms with van der Waals surface area (Å²) in [4.78, 5) is 13.0. The molecule has 0 aromatic heterocycles. The highest BCUT2D eigenvalue weighted by Gasteiger charge is 2.35. The zero-order valence-corrected chi connectivity index (χ0v) is 9.96. The van der Waals surface area contributed by atoms with Gasteiger partial charge >= 0.3 is 6.09 Å². The maximum atomic E-state index is 13.4. The van der Waals surface area contributed by atoms with E-state index < -0.39 is 18.2 Å². The van der Waals surface area contributed by atoms with Crippen molar-refractivity contribution in [3.05, 3.63) is 35.9 Å². The molecule has 1 heterocycles. The van der Waals surface area contributed by atoms with Gasteiger partial charge in [0.1, 0.15) is 12.8 Å². The minimum atomic E-state index is -1.17. The van der Waals surface area contributed by atoms with E-state index in [0.29, 0.717) is 0 Å². The molecule has 1 N–H and O–H groups in total. The van der Waals surface area contributed by atoms with E-state index in [1.54, 1.807) is 0 Å². The summed E-state index contributed by atoms with van der Waals surface area (Å²) < 4.78 is 18.4. The maximum Gasteiger partial charge on any atom is 0.410 e. The molecule has 1 saturated heterocycles. The number of aliphatic hydroxyl groups is 1. The van der Waals surface area contributed by atoms with Crippen LogP contribution in [-0.2, 0) is 11.3 Å². The lowest BCUT2D eigenvalue weighted by molar-refractivity contribution is 0.101. The third kappa shape index (κ3) is 2.98. The van der Waals surface area contributed by atoms with E-state index in [2.05, 4.69) is 0 Å². The molecular weight excluding hydrogens is 237 g/mol. The quantitative estimate of drug-likeness (QED) is 0.889. The first-order valence-corrected chi connectivity index (χ1v) is 5.91. The van der Waals surface area contributed by atoms with Gasteiger partial charge in [0, 0.05) is 12.5 Å². The molecule has 0 unspecified atom stereocenters. The SMILES string of the molecule is O=C(OCc1ccccc1)N1C[C@@H](CO)[C@H](F)C1. The molecule has 2 atom stereocenters. The molecule has 0 saturated carbocycles. The molecule has 0 aliphatic carbocycles. The van der Waals surface area contributed by atoms with Gasteiger partial charge in [-0.05, 0) is 5.56 Å². The van der Waals surface area contributed by atoms with Crippen molar-refractivity contribution in [2.75, 3.05) is 19.7 Å². The Balaban J connectivity index is 1.82. The van der Waals surface area contributed by atoms with Crippen molar-refractivity contribution in [2.45, 2.75) is 12.8 Å². The highest BCUT2D eigenvalue weighted by atomic mass is 19.1. The summed E-state index contributed by atoms with van der Waals surface area (Å²) in [5.41, 5.74) is 0.889. The first-order chi connectivity index (χ1) is 8.70. The highest BCUT2D eigenvalue weighted by Crippen LogP contribution is 2.20. The second-order valence-corrected chi connectivity index (χ2v) is 4.40. The van der Waals surface area contributed by atoms with Crippen LogP contribution in [0.4, 0.5) is 9.18 Å². The fraction of sp³-hybridized carbons (Fsp3) is 0.462. The number of rotatable bonds is 3. The predicted molar refractivity (Wildman–Crippen MR) is 63.7 cm³/mol. The van der Waals surface area contributed by atoms with Crippen LogP contribution in [0.3, 0.4) is 0 Å². The van der Waals surface area contributed by atoms with Gasteiger partial charge in [0.25, 0.3) is 0 Å². The van der Waals surface area contributed by atoms with E-state index >= 15 is 0 Å². The Morgan fingerprint density at radius 3 is 2.72 bits per heavy atom. The molecule has 1 aliphatic heterocycles. The Morgan fingerprint density at radius 2 is 2.11 bits per heavy atom. The van der Waals surface area contributed by atoms with Crippen molar-refractivity contribution >= 4 is 6.09 Å². The monoisotopic (exact) mass is 253 g/mol. The van der Waals surface area contributed by atoms with Crippen LogP contribution in [0.2, 0.25) is 0 Å². The largest absolute Gasteiger partial charge is 0.445 e. The van der Waals surface area contributed by atoms with E-state index in [9.17, 15) is 9.18 Å². The van der Waals surface area contributed by atoms with Crippen LogP contribution in [0, 0.1) is 5.92 Å². The van der Waals surface area contributed by atoms with Gasteiger partial charge in [-0.15, -0.1) is 0 Å². The topological polar surface area (TPSA) is 49.8 Å². The predicted octanol–water partition coefficient (Wildman–Crippen LogP) is 1.59. The van der Waals surface area contributed by atoms with Gasteiger partial charge in [-0.2, -0.15) is 0 Å². The second-order valence-electron chi connectivity index (χ2n) is 4.40. The van der Waals surface area contributed by atoms with E-state index in [0.717, 1.165) is 5.56 Å². The summed E-state index contributed by atoms with van der Waals surface area (Å²) >= 11 is 0. The zero-order valence-electron chi connectivity index (χ0n) is 9.96. The van der Waals surface area contributed by atoms with Crippen LogP contribution >= 0.6 is 0 Å². The van der Waals surface area contributed by atoms with Crippen molar-refractivity contribution < 1.29 is 19.0 Å². The van der Waals surface area contributed by atoms with Crippen LogP contribution in [0.25, 0.3) is 0 Å². The first kappa shape index (κ1) is 12.8. The summed E-state index contributed by atoms with van der Waals surface area (Å²) in [7, 11) is 0. The van der Waals surface area contributed by atoms with Gasteiger partial charge in [-0.25, -0.2) is 9.18 Å². The standard InChI is InChI=1S/C13H16FNO3/c14-12-7-15(6-11(12)8-16)13(17)18-9-10-4-2-1-3-5-10/h1-5,11-12,16H,6-9H2/t11-,12+/m0/s1. The lowest BCUT2D eigenvalue weighted by Gasteiger charge is -2.15. The Hall–Kier alpha value is -1.62. The number of nitrogens with zero attached hydrogens (tertiary/aromatic N) is 1. The summed E-state index contributed by atoms with van der Waals surface area (Å²) in [6.07, 6.45) is -1.70. The van der Waals surface area contributed by atoms with Crippen molar-refractivity contribution in [3.8, 4) is 0 Å². The van der Waals surface area contributed by atoms with Gasteiger partial charge in [0.05, 0.1) is 13.2 Å². The fourth-order valence-corrected chi connectivity index (χ4v) is 1.96. The van der Waals surface area contributed by atoms with Gasteiger partial charge in [0.15, 0.2) is 0 Å². The molecule has 18 heavy (non-hydrogen) atoms. The lowest BCUT2D eigenvalue weighted by atomic mass is 10.1. The molecular formula is C13H16FNO3. The molecule has 0 bridgehead atoms. The van der Waals surface area contributed by atoms with Gasteiger partial charge in [-0.1, -0.05) is 30.3 Å². The number of alkyl halides is 1. The van der Waals surface area contributed by atoms with Crippen LogP contribution in [0.15, 0.2) is 30.3 Å². The maximum absolute atomic E-state index is 13.4. The fourth-order valence-electron chi connectivity index (χ4n) is 1.96. The lowest BCUT2D eigenvalue weighted by Crippen LogP contribution is -2.29. The molecule has 0 spiro atoms. The van der Waals surface area contributed by atoms with Crippen molar-refractivity contribution in [1.29, 1.82) is 0 Å². The van der Waals surface area contributed by atoms with Crippen LogP contribution < -0.4 is 0 Å². The third-order valence-electron chi connectivity index (χ3n) is 3.06. The van der Waals surface area contributed by atoms with Crippen LogP contribution in [0.5, 0.6) is 0 Å². The van der Waals surface area contributed by atoms with E-state index in [1.807, 2.05) is 30.3 Å². The Bertz CT molecular complexity index is 398.